The van der Waals surface area contributed by atoms with Crippen molar-refractivity contribution in [1.29, 1.82) is 0 Å². The van der Waals surface area contributed by atoms with Gasteiger partial charge in [-0.25, -0.2) is 0 Å². The summed E-state index contributed by atoms with van der Waals surface area (Å²) in [7, 11) is 0. The van der Waals surface area contributed by atoms with Gasteiger partial charge < -0.3 is 4.74 Å². The third kappa shape index (κ3) is 5.49. The molecule has 0 amide bonds. The Morgan fingerprint density at radius 1 is 0.854 bits per heavy atom. The summed E-state index contributed by atoms with van der Waals surface area (Å²) in [5.41, 5.74) is 1.55. The average Bonchev–Trinajstić information content (AvgIpc) is 3.27. The third-order valence-electron chi connectivity index (χ3n) is 15.6. The van der Waals surface area contributed by atoms with Crippen molar-refractivity contribution in [2.45, 2.75) is 165 Å². The largest absolute Gasteiger partial charge is 0.462 e. The quantitative estimate of drug-likeness (QED) is 0.272. The van der Waals surface area contributed by atoms with Crippen molar-refractivity contribution >= 4 is 5.97 Å². The van der Waals surface area contributed by atoms with Crippen molar-refractivity contribution in [2.75, 3.05) is 0 Å². The molecular weight excluding hydrogens is 500 g/mol. The highest BCUT2D eigenvalue weighted by molar-refractivity contribution is 5.72. The van der Waals surface area contributed by atoms with E-state index in [0.717, 1.165) is 55.3 Å². The van der Waals surface area contributed by atoms with Gasteiger partial charge in [-0.05, 0) is 140 Å². The molecule has 0 aromatic heterocycles. The Bertz CT molecular complexity index is 909. The van der Waals surface area contributed by atoms with E-state index in [1.165, 1.54) is 70.6 Å². The van der Waals surface area contributed by atoms with Crippen molar-refractivity contribution in [3.05, 3.63) is 0 Å². The van der Waals surface area contributed by atoms with Crippen LogP contribution in [0.5, 0.6) is 0 Å². The fraction of sp³-hybridized carbons (Fsp3) is 0.974. The van der Waals surface area contributed by atoms with Gasteiger partial charge in [-0.2, -0.15) is 0 Å². The molecule has 5 aliphatic rings. The minimum Gasteiger partial charge on any atom is -0.462 e. The van der Waals surface area contributed by atoms with E-state index in [0.29, 0.717) is 39.9 Å². The predicted molar refractivity (Wildman–Crippen MR) is 172 cm³/mol. The van der Waals surface area contributed by atoms with Gasteiger partial charge in [0.2, 0.25) is 0 Å². The molecule has 5 aliphatic carbocycles. The van der Waals surface area contributed by atoms with Crippen molar-refractivity contribution in [2.24, 2.45) is 75.4 Å². The van der Waals surface area contributed by atoms with Crippen LogP contribution < -0.4 is 0 Å². The van der Waals surface area contributed by atoms with Crippen LogP contribution in [0.3, 0.4) is 0 Å². The molecular formula is C39H68O2. The summed E-state index contributed by atoms with van der Waals surface area (Å²) in [6.07, 6.45) is 19.8. The second-order valence-corrected chi connectivity index (χ2v) is 17.8. The number of ether oxygens (including phenoxy) is 1. The second kappa shape index (κ2) is 12.1. The van der Waals surface area contributed by atoms with E-state index < -0.39 is 0 Å². The fourth-order valence-electron chi connectivity index (χ4n) is 12.8. The summed E-state index contributed by atoms with van der Waals surface area (Å²) >= 11 is 0. The summed E-state index contributed by atoms with van der Waals surface area (Å²) in [5, 5.41) is 0. The van der Waals surface area contributed by atoms with Gasteiger partial charge in [0.1, 0.15) is 6.10 Å². The van der Waals surface area contributed by atoms with Gasteiger partial charge in [0.25, 0.3) is 0 Å². The highest BCUT2D eigenvalue weighted by Gasteiger charge is 2.64. The molecule has 0 radical (unpaired) electrons. The molecule has 0 heterocycles. The molecule has 2 heteroatoms. The summed E-state index contributed by atoms with van der Waals surface area (Å²) in [5.74, 6) is 7.05. The van der Waals surface area contributed by atoms with Gasteiger partial charge in [-0.1, -0.05) is 88.0 Å². The van der Waals surface area contributed by atoms with Crippen molar-refractivity contribution in [3.63, 3.8) is 0 Å². The molecule has 236 valence electrons. The maximum absolute atomic E-state index is 13.8. The van der Waals surface area contributed by atoms with Crippen LogP contribution in [-0.4, -0.2) is 12.1 Å². The minimum atomic E-state index is 0.0806. The number of rotatable bonds is 8. The van der Waals surface area contributed by atoms with Crippen LogP contribution in [0, 0.1) is 75.4 Å². The number of carbonyl (C=O) groups excluding carboxylic acids is 1. The van der Waals surface area contributed by atoms with Gasteiger partial charge in [0, 0.05) is 0 Å². The lowest BCUT2D eigenvalue weighted by atomic mass is 9.38. The minimum absolute atomic E-state index is 0.0806. The first-order valence-electron chi connectivity index (χ1n) is 18.6. The van der Waals surface area contributed by atoms with Gasteiger partial charge >= 0.3 is 5.97 Å². The van der Waals surface area contributed by atoms with Crippen LogP contribution in [-0.2, 0) is 9.53 Å². The lowest BCUT2D eigenvalue weighted by molar-refractivity contribution is -0.174. The predicted octanol–water partition coefficient (Wildman–Crippen LogP) is 11.1. The first-order valence-corrected chi connectivity index (χ1v) is 18.6. The Labute approximate surface area is 255 Å². The summed E-state index contributed by atoms with van der Waals surface area (Å²) in [6.45, 7) is 22.4. The maximum atomic E-state index is 13.8. The molecule has 0 bridgehead atoms. The monoisotopic (exact) mass is 569 g/mol. The Morgan fingerprint density at radius 3 is 2.32 bits per heavy atom. The molecule has 0 saturated heterocycles. The third-order valence-corrected chi connectivity index (χ3v) is 15.6. The first-order chi connectivity index (χ1) is 19.4. The molecule has 5 fully saturated rings. The van der Waals surface area contributed by atoms with E-state index in [2.05, 4.69) is 62.3 Å². The molecule has 13 atom stereocenters. The molecule has 0 spiro atoms. The Morgan fingerprint density at radius 2 is 1.61 bits per heavy atom. The topological polar surface area (TPSA) is 26.3 Å². The summed E-state index contributed by atoms with van der Waals surface area (Å²) in [6, 6.07) is 0. The Balaban J connectivity index is 1.27. The van der Waals surface area contributed by atoms with Gasteiger partial charge in [-0.3, -0.25) is 4.79 Å². The zero-order chi connectivity index (χ0) is 29.7. The highest BCUT2D eigenvalue weighted by atomic mass is 16.5. The Kier molecular flexibility index (Phi) is 9.41. The first kappa shape index (κ1) is 31.9. The van der Waals surface area contributed by atoms with Crippen molar-refractivity contribution in [1.82, 2.24) is 0 Å². The van der Waals surface area contributed by atoms with E-state index >= 15 is 0 Å². The molecule has 41 heavy (non-hydrogen) atoms. The number of hydrogen-bond donors (Lipinski definition) is 0. The molecule has 0 N–H and O–H groups in total. The van der Waals surface area contributed by atoms with Crippen LogP contribution >= 0.6 is 0 Å². The van der Waals surface area contributed by atoms with Crippen molar-refractivity contribution < 1.29 is 9.53 Å². The number of carbonyl (C=O) groups is 1. The fourth-order valence-corrected chi connectivity index (χ4v) is 12.8. The smallest absolute Gasteiger partial charge is 0.309 e. The van der Waals surface area contributed by atoms with Gasteiger partial charge in [-0.15, -0.1) is 0 Å². The number of esters is 1. The lowest BCUT2D eigenvalue weighted by Crippen LogP contribution is -2.59. The molecule has 2 nitrogen and oxygen atoms in total. The molecule has 5 rings (SSSR count). The van der Waals surface area contributed by atoms with Gasteiger partial charge in [0.15, 0.2) is 0 Å². The second-order valence-electron chi connectivity index (χ2n) is 17.8. The molecule has 2 unspecified atom stereocenters. The zero-order valence-electron chi connectivity index (χ0n) is 28.8. The van der Waals surface area contributed by atoms with Crippen LogP contribution in [0.25, 0.3) is 0 Å². The van der Waals surface area contributed by atoms with Crippen molar-refractivity contribution in [3.8, 4) is 0 Å². The molecule has 0 aliphatic heterocycles. The standard InChI is InChI=1S/C39H68O2/c1-10-12-29(36(40)41-35-23-26(4)14-15-30(35)25(2)3)24-27(5)32-16-17-33-31-18-22-38(8)28(6)13-11-20-39(38,9)34(31)19-21-37(32,33)7/h25-35H,10-24H2,1-9H3/t26-,27-,28-,29-,30+,31+,32?,33+,34+,35?,37-,38+,39-/m1/s1. The Hall–Kier alpha value is -0.530. The average molecular weight is 569 g/mol. The number of fused-ring (bicyclic) bond motifs is 5. The highest BCUT2D eigenvalue weighted by Crippen LogP contribution is 2.72. The normalized spacial score (nSPS) is 47.7. The van der Waals surface area contributed by atoms with E-state index in [4.69, 9.17) is 4.74 Å². The summed E-state index contributed by atoms with van der Waals surface area (Å²) in [4.78, 5) is 13.8. The molecule has 0 aromatic carbocycles. The van der Waals surface area contributed by atoms with E-state index in [-0.39, 0.29) is 18.0 Å². The summed E-state index contributed by atoms with van der Waals surface area (Å²) < 4.78 is 6.46. The van der Waals surface area contributed by atoms with Crippen LogP contribution in [0.1, 0.15) is 159 Å². The number of hydrogen-bond acceptors (Lipinski definition) is 2. The zero-order valence-corrected chi connectivity index (χ0v) is 28.8. The van der Waals surface area contributed by atoms with E-state index in [1.54, 1.807) is 0 Å². The van der Waals surface area contributed by atoms with Crippen LogP contribution in [0.4, 0.5) is 0 Å². The van der Waals surface area contributed by atoms with E-state index in [9.17, 15) is 4.79 Å². The SMILES string of the molecule is CCC[C@H](C[C@@H](C)C1CC[C@H]2[C@@H]3CC[C@@]4(C)[C@H](C)CCC[C@]4(C)[C@H]3CC[C@]12C)C(=O)OC1C[C@H](C)CC[C@H]1C(C)C. The van der Waals surface area contributed by atoms with E-state index in [1.807, 2.05) is 0 Å². The maximum Gasteiger partial charge on any atom is 0.309 e. The molecule has 0 aromatic rings. The van der Waals surface area contributed by atoms with Crippen LogP contribution in [0.2, 0.25) is 0 Å². The molecule has 5 saturated carbocycles. The van der Waals surface area contributed by atoms with Crippen LogP contribution in [0.15, 0.2) is 0 Å². The lowest BCUT2D eigenvalue weighted by Gasteiger charge is -2.66. The van der Waals surface area contributed by atoms with Gasteiger partial charge in [0.05, 0.1) is 5.92 Å².